The molecule has 0 saturated heterocycles. The molecule has 0 aromatic heterocycles. The zero-order chi connectivity index (χ0) is 14.0. The van der Waals surface area contributed by atoms with Crippen molar-refractivity contribution in [1.29, 1.82) is 0 Å². The van der Waals surface area contributed by atoms with Crippen LogP contribution in [0.3, 0.4) is 0 Å². The molecule has 0 atom stereocenters. The van der Waals surface area contributed by atoms with Crippen LogP contribution >= 0.6 is 27.7 Å². The maximum Gasteiger partial charge on any atom is 0.231 e. The molecule has 5 heteroatoms. The lowest BCUT2D eigenvalue weighted by molar-refractivity contribution is 0.174. The quantitative estimate of drug-likeness (QED) is 0.864. The smallest absolute Gasteiger partial charge is 0.231 e. The third kappa shape index (κ3) is 2.95. The molecule has 20 heavy (non-hydrogen) atoms. The molecule has 2 aliphatic rings. The van der Waals surface area contributed by atoms with Crippen molar-refractivity contribution < 1.29 is 9.47 Å². The van der Waals surface area contributed by atoms with Crippen LogP contribution in [0.2, 0.25) is 0 Å². The number of hydrogen-bond donors (Lipinski definition) is 1. The maximum atomic E-state index is 5.44. The summed E-state index contributed by atoms with van der Waals surface area (Å²) in [5.41, 5.74) is 1.23. The van der Waals surface area contributed by atoms with Crippen molar-refractivity contribution in [2.45, 2.75) is 37.0 Å². The first-order chi connectivity index (χ1) is 9.72. The molecule has 0 bridgehead atoms. The highest BCUT2D eigenvalue weighted by molar-refractivity contribution is 9.10. The van der Waals surface area contributed by atoms with Crippen molar-refractivity contribution in [3.05, 3.63) is 22.2 Å². The van der Waals surface area contributed by atoms with Gasteiger partial charge in [-0.15, -0.1) is 0 Å². The molecule has 1 N–H and O–H groups in total. The summed E-state index contributed by atoms with van der Waals surface area (Å²) in [5, 5.41) is 3.62. The number of benzene rings is 1. The minimum absolute atomic E-state index is 0.328. The van der Waals surface area contributed by atoms with Crippen LogP contribution in [-0.2, 0) is 6.54 Å². The monoisotopic (exact) mass is 357 g/mol. The first kappa shape index (κ1) is 14.5. The van der Waals surface area contributed by atoms with Gasteiger partial charge in [0.15, 0.2) is 11.5 Å². The number of fused-ring (bicyclic) bond motifs is 1. The summed E-state index contributed by atoms with van der Waals surface area (Å²) in [6.45, 7) is 2.27. The molecule has 0 spiro atoms. The van der Waals surface area contributed by atoms with Gasteiger partial charge < -0.3 is 14.8 Å². The Hall–Kier alpha value is -0.390. The third-order valence-electron chi connectivity index (χ3n) is 4.25. The van der Waals surface area contributed by atoms with E-state index in [2.05, 4.69) is 33.6 Å². The zero-order valence-corrected chi connectivity index (χ0v) is 14.1. The van der Waals surface area contributed by atoms with Crippen LogP contribution in [0, 0.1) is 0 Å². The van der Waals surface area contributed by atoms with Gasteiger partial charge in [-0.2, -0.15) is 11.8 Å². The van der Waals surface area contributed by atoms with Gasteiger partial charge in [0.2, 0.25) is 6.79 Å². The SMILES string of the molecule is CSC1(CNCc2cc3c(cc2Br)OCO3)CCCC1. The molecule has 110 valence electrons. The highest BCUT2D eigenvalue weighted by Crippen LogP contribution is 2.40. The molecule has 0 radical (unpaired) electrons. The predicted octanol–water partition coefficient (Wildman–Crippen LogP) is 3.94. The van der Waals surface area contributed by atoms with Gasteiger partial charge in [0.25, 0.3) is 0 Å². The molecule has 1 saturated carbocycles. The Labute approximate surface area is 132 Å². The first-order valence-electron chi connectivity index (χ1n) is 7.06. The topological polar surface area (TPSA) is 30.5 Å². The summed E-state index contributed by atoms with van der Waals surface area (Å²) in [7, 11) is 0. The van der Waals surface area contributed by atoms with Crippen LogP contribution < -0.4 is 14.8 Å². The third-order valence-corrected chi connectivity index (χ3v) is 6.41. The molecule has 3 nitrogen and oxygen atoms in total. The average molecular weight is 358 g/mol. The van der Waals surface area contributed by atoms with Gasteiger partial charge in [0.05, 0.1) is 0 Å². The van der Waals surface area contributed by atoms with Gasteiger partial charge in [0, 0.05) is 22.3 Å². The highest BCUT2D eigenvalue weighted by atomic mass is 79.9. The Morgan fingerprint density at radius 3 is 2.65 bits per heavy atom. The van der Waals surface area contributed by atoms with Crippen molar-refractivity contribution in [2.24, 2.45) is 0 Å². The Morgan fingerprint density at radius 2 is 1.95 bits per heavy atom. The van der Waals surface area contributed by atoms with Crippen molar-refractivity contribution in [2.75, 3.05) is 19.6 Å². The van der Waals surface area contributed by atoms with E-state index in [9.17, 15) is 0 Å². The Morgan fingerprint density at radius 1 is 1.25 bits per heavy atom. The fourth-order valence-corrected chi connectivity index (χ4v) is 4.40. The van der Waals surface area contributed by atoms with Gasteiger partial charge in [0.1, 0.15) is 0 Å². The second kappa shape index (κ2) is 6.16. The molecule has 1 aliphatic heterocycles. The largest absolute Gasteiger partial charge is 0.454 e. The van der Waals surface area contributed by atoms with Crippen molar-refractivity contribution >= 4 is 27.7 Å². The summed E-state index contributed by atoms with van der Waals surface area (Å²) in [5.74, 6) is 1.68. The van der Waals surface area contributed by atoms with Crippen molar-refractivity contribution in [3.63, 3.8) is 0 Å². The minimum Gasteiger partial charge on any atom is -0.454 e. The Bertz CT molecular complexity index is 489. The standard InChI is InChI=1S/C15H20BrNO2S/c1-20-15(4-2-3-5-15)9-17-8-11-6-13-14(7-12(11)16)19-10-18-13/h6-7,17H,2-5,8-10H2,1H3. The lowest BCUT2D eigenvalue weighted by Crippen LogP contribution is -2.34. The lowest BCUT2D eigenvalue weighted by atomic mass is 10.1. The van der Waals surface area contributed by atoms with Gasteiger partial charge >= 0.3 is 0 Å². The number of hydrogen-bond acceptors (Lipinski definition) is 4. The molecular weight excluding hydrogens is 338 g/mol. The number of ether oxygens (including phenoxy) is 2. The second-order valence-corrected chi connectivity index (χ2v) is 7.62. The van der Waals surface area contributed by atoms with Gasteiger partial charge in [-0.3, -0.25) is 0 Å². The molecule has 1 fully saturated rings. The average Bonchev–Trinajstić information content (AvgIpc) is 3.08. The minimum atomic E-state index is 0.328. The molecule has 1 heterocycles. The van der Waals surface area contributed by atoms with Crippen molar-refractivity contribution in [3.8, 4) is 11.5 Å². The molecule has 1 aromatic carbocycles. The van der Waals surface area contributed by atoms with Crippen LogP contribution in [0.25, 0.3) is 0 Å². The van der Waals surface area contributed by atoms with Crippen LogP contribution in [-0.4, -0.2) is 24.3 Å². The van der Waals surface area contributed by atoms with E-state index in [1.807, 2.05) is 17.8 Å². The summed E-state index contributed by atoms with van der Waals surface area (Å²) < 4.78 is 12.3. The maximum absolute atomic E-state index is 5.44. The summed E-state index contributed by atoms with van der Waals surface area (Å²) in [6.07, 6.45) is 7.66. The van der Waals surface area contributed by atoms with Crippen LogP contribution in [0.15, 0.2) is 16.6 Å². The predicted molar refractivity (Wildman–Crippen MR) is 86.7 cm³/mol. The zero-order valence-electron chi connectivity index (χ0n) is 11.7. The molecule has 1 aliphatic carbocycles. The van der Waals surface area contributed by atoms with E-state index in [4.69, 9.17) is 9.47 Å². The van der Waals surface area contributed by atoms with Crippen LogP contribution in [0.5, 0.6) is 11.5 Å². The lowest BCUT2D eigenvalue weighted by Gasteiger charge is -2.27. The fraction of sp³-hybridized carbons (Fsp3) is 0.600. The van der Waals surface area contributed by atoms with E-state index in [0.717, 1.165) is 29.1 Å². The second-order valence-electron chi connectivity index (χ2n) is 5.49. The fourth-order valence-electron chi connectivity index (χ4n) is 2.99. The van der Waals surface area contributed by atoms with Gasteiger partial charge in [-0.25, -0.2) is 0 Å². The Kier molecular flexibility index (Phi) is 4.48. The summed E-state index contributed by atoms with van der Waals surface area (Å²) >= 11 is 5.63. The van der Waals surface area contributed by atoms with E-state index in [1.54, 1.807) is 0 Å². The molecule has 0 unspecified atom stereocenters. The van der Waals surface area contributed by atoms with E-state index < -0.39 is 0 Å². The summed E-state index contributed by atoms with van der Waals surface area (Å²) in [4.78, 5) is 0. The highest BCUT2D eigenvalue weighted by Gasteiger charge is 2.32. The number of rotatable bonds is 5. The molecular formula is C15H20BrNO2S. The van der Waals surface area contributed by atoms with Crippen molar-refractivity contribution in [1.82, 2.24) is 5.32 Å². The number of thioether (sulfide) groups is 1. The van der Waals surface area contributed by atoms with E-state index in [-0.39, 0.29) is 0 Å². The van der Waals surface area contributed by atoms with E-state index in [1.165, 1.54) is 31.2 Å². The van der Waals surface area contributed by atoms with E-state index >= 15 is 0 Å². The van der Waals surface area contributed by atoms with Crippen LogP contribution in [0.1, 0.15) is 31.2 Å². The van der Waals surface area contributed by atoms with Gasteiger partial charge in [-0.1, -0.05) is 28.8 Å². The molecule has 0 amide bonds. The first-order valence-corrected chi connectivity index (χ1v) is 9.08. The van der Waals surface area contributed by atoms with Crippen LogP contribution in [0.4, 0.5) is 0 Å². The normalized spacial score (nSPS) is 19.5. The Balaban J connectivity index is 1.61. The summed E-state index contributed by atoms with van der Waals surface area (Å²) in [6, 6.07) is 4.07. The number of halogens is 1. The molecule has 3 rings (SSSR count). The van der Waals surface area contributed by atoms with Gasteiger partial charge in [-0.05, 0) is 36.8 Å². The number of nitrogens with one attached hydrogen (secondary N) is 1. The van der Waals surface area contributed by atoms with E-state index in [0.29, 0.717) is 11.5 Å². The molecule has 1 aromatic rings.